The summed E-state index contributed by atoms with van der Waals surface area (Å²) < 4.78 is 10.9. The van der Waals surface area contributed by atoms with Gasteiger partial charge in [-0.3, -0.25) is 4.79 Å². The summed E-state index contributed by atoms with van der Waals surface area (Å²) in [6.07, 6.45) is -0.0399. The molecule has 0 aromatic carbocycles. The topological polar surface area (TPSA) is 101 Å². The van der Waals surface area contributed by atoms with Crippen LogP contribution in [0, 0.1) is 18.8 Å². The van der Waals surface area contributed by atoms with Crippen molar-refractivity contribution in [1.82, 2.24) is 10.3 Å². The number of carbonyl (C=O) groups excluding carboxylic acids is 1. The molecule has 7 heteroatoms. The molecular weight excluding hydrogens is 324 g/mol. The predicted molar refractivity (Wildman–Crippen MR) is 90.1 cm³/mol. The Morgan fingerprint density at radius 1 is 1.32 bits per heavy atom. The number of aryl methyl sites for hydroxylation is 1. The molecule has 3 rings (SSSR count). The van der Waals surface area contributed by atoms with Gasteiger partial charge in [0.2, 0.25) is 11.8 Å². The second-order valence-electron chi connectivity index (χ2n) is 6.91. The Labute approximate surface area is 147 Å². The lowest BCUT2D eigenvalue weighted by molar-refractivity contribution is -0.129. The van der Waals surface area contributed by atoms with Crippen LogP contribution in [-0.4, -0.2) is 59.2 Å². The number of nitrogens with one attached hydrogen (secondary N) is 1. The van der Waals surface area contributed by atoms with Crippen LogP contribution in [0.15, 0.2) is 18.2 Å². The van der Waals surface area contributed by atoms with Gasteiger partial charge in [-0.15, -0.1) is 0 Å². The van der Waals surface area contributed by atoms with E-state index in [1.165, 1.54) is 0 Å². The number of carbonyl (C=O) groups is 1. The molecule has 0 spiro atoms. The summed E-state index contributed by atoms with van der Waals surface area (Å²) in [4.78, 5) is 16.6. The van der Waals surface area contributed by atoms with Gasteiger partial charge in [-0.1, -0.05) is 6.07 Å². The fourth-order valence-corrected chi connectivity index (χ4v) is 3.48. The molecule has 2 heterocycles. The van der Waals surface area contributed by atoms with Crippen LogP contribution < -0.4 is 10.1 Å². The van der Waals surface area contributed by atoms with Gasteiger partial charge >= 0.3 is 0 Å². The number of ether oxygens (including phenoxy) is 2. The molecule has 1 aliphatic heterocycles. The fourth-order valence-electron chi connectivity index (χ4n) is 3.48. The third-order valence-corrected chi connectivity index (χ3v) is 5.03. The van der Waals surface area contributed by atoms with Gasteiger partial charge in [0, 0.05) is 36.8 Å². The van der Waals surface area contributed by atoms with Crippen LogP contribution >= 0.6 is 0 Å². The SMILES string of the molecule is Cc1cccc(OC[C@H]2C[C@@H](NC(=O)C3CCOCC3)[C@H](O)[C@@H]2O)n1. The molecule has 1 aliphatic carbocycles. The van der Waals surface area contributed by atoms with Crippen molar-refractivity contribution in [3.63, 3.8) is 0 Å². The highest BCUT2D eigenvalue weighted by molar-refractivity contribution is 5.79. The number of aliphatic hydroxyl groups is 2. The molecule has 1 saturated heterocycles. The van der Waals surface area contributed by atoms with Gasteiger partial charge in [-0.25, -0.2) is 4.98 Å². The maximum Gasteiger partial charge on any atom is 0.223 e. The van der Waals surface area contributed by atoms with Crippen molar-refractivity contribution in [1.29, 1.82) is 0 Å². The summed E-state index contributed by atoms with van der Waals surface area (Å²) in [5.74, 6) is 0.0973. The quantitative estimate of drug-likeness (QED) is 0.712. The van der Waals surface area contributed by atoms with Crippen LogP contribution in [0.25, 0.3) is 0 Å². The lowest BCUT2D eigenvalue weighted by atomic mass is 9.98. The average Bonchev–Trinajstić information content (AvgIpc) is 2.89. The van der Waals surface area contributed by atoms with Gasteiger partial charge in [0.05, 0.1) is 18.8 Å². The summed E-state index contributed by atoms with van der Waals surface area (Å²) in [6.45, 7) is 3.31. The lowest BCUT2D eigenvalue weighted by Crippen LogP contribution is -2.46. The normalized spacial score (nSPS) is 30.2. The first kappa shape index (κ1) is 18.1. The smallest absolute Gasteiger partial charge is 0.223 e. The monoisotopic (exact) mass is 350 g/mol. The van der Waals surface area contributed by atoms with Gasteiger partial charge in [0.1, 0.15) is 6.10 Å². The Morgan fingerprint density at radius 3 is 2.80 bits per heavy atom. The molecule has 2 aliphatic rings. The summed E-state index contributed by atoms with van der Waals surface area (Å²) in [7, 11) is 0. The van der Waals surface area contributed by atoms with Crippen LogP contribution in [0.3, 0.4) is 0 Å². The Balaban J connectivity index is 1.52. The molecule has 1 saturated carbocycles. The molecule has 138 valence electrons. The minimum atomic E-state index is -0.983. The molecular formula is C18H26N2O5. The first-order chi connectivity index (χ1) is 12.0. The molecule has 1 aromatic heterocycles. The Bertz CT molecular complexity index is 591. The van der Waals surface area contributed by atoms with Gasteiger partial charge in [0.15, 0.2) is 0 Å². The number of hydrogen-bond donors (Lipinski definition) is 3. The zero-order valence-corrected chi connectivity index (χ0v) is 14.4. The van der Waals surface area contributed by atoms with E-state index in [-0.39, 0.29) is 24.3 Å². The van der Waals surface area contributed by atoms with Crippen molar-refractivity contribution >= 4 is 5.91 Å². The van der Waals surface area contributed by atoms with E-state index in [2.05, 4.69) is 10.3 Å². The van der Waals surface area contributed by atoms with E-state index in [0.29, 0.717) is 38.4 Å². The molecule has 4 atom stereocenters. The molecule has 1 amide bonds. The van der Waals surface area contributed by atoms with Gasteiger partial charge < -0.3 is 25.0 Å². The molecule has 0 unspecified atom stereocenters. The second kappa shape index (κ2) is 8.12. The number of aromatic nitrogens is 1. The van der Waals surface area contributed by atoms with E-state index in [1.807, 2.05) is 19.1 Å². The van der Waals surface area contributed by atoms with Crippen molar-refractivity contribution in [3.8, 4) is 5.88 Å². The summed E-state index contributed by atoms with van der Waals surface area (Å²) in [5, 5.41) is 23.4. The Hall–Kier alpha value is -1.70. The van der Waals surface area contributed by atoms with Crippen molar-refractivity contribution in [2.24, 2.45) is 11.8 Å². The third kappa shape index (κ3) is 4.48. The van der Waals surface area contributed by atoms with Crippen LogP contribution in [0.1, 0.15) is 25.0 Å². The number of hydrogen-bond acceptors (Lipinski definition) is 6. The number of nitrogens with zero attached hydrogens (tertiary/aromatic N) is 1. The molecule has 3 N–H and O–H groups in total. The maximum absolute atomic E-state index is 12.3. The molecule has 7 nitrogen and oxygen atoms in total. The fraction of sp³-hybridized carbons (Fsp3) is 0.667. The van der Waals surface area contributed by atoms with Crippen LogP contribution in [0.5, 0.6) is 5.88 Å². The summed E-state index contributed by atoms with van der Waals surface area (Å²) >= 11 is 0. The van der Waals surface area contributed by atoms with Crippen LogP contribution in [0.2, 0.25) is 0 Å². The van der Waals surface area contributed by atoms with E-state index >= 15 is 0 Å². The highest BCUT2D eigenvalue weighted by Gasteiger charge is 2.43. The molecule has 0 radical (unpaired) electrons. The van der Waals surface area contributed by atoms with Gasteiger partial charge in [-0.2, -0.15) is 0 Å². The first-order valence-corrected chi connectivity index (χ1v) is 8.85. The number of rotatable bonds is 5. The summed E-state index contributed by atoms with van der Waals surface area (Å²) in [5.41, 5.74) is 0.853. The molecule has 0 bridgehead atoms. The molecule has 25 heavy (non-hydrogen) atoms. The van der Waals surface area contributed by atoms with E-state index in [9.17, 15) is 15.0 Å². The maximum atomic E-state index is 12.3. The van der Waals surface area contributed by atoms with Gasteiger partial charge in [0.25, 0.3) is 0 Å². The zero-order valence-electron chi connectivity index (χ0n) is 14.4. The largest absolute Gasteiger partial charge is 0.477 e. The number of aliphatic hydroxyl groups excluding tert-OH is 2. The summed E-state index contributed by atoms with van der Waals surface area (Å²) in [6, 6.07) is 5.04. The lowest BCUT2D eigenvalue weighted by Gasteiger charge is -2.24. The first-order valence-electron chi connectivity index (χ1n) is 8.85. The molecule has 2 fully saturated rings. The highest BCUT2D eigenvalue weighted by atomic mass is 16.5. The van der Waals surface area contributed by atoms with Crippen molar-refractivity contribution < 1.29 is 24.5 Å². The van der Waals surface area contributed by atoms with E-state index in [0.717, 1.165) is 5.69 Å². The van der Waals surface area contributed by atoms with Crippen LogP contribution in [0.4, 0.5) is 0 Å². The zero-order chi connectivity index (χ0) is 17.8. The van der Waals surface area contributed by atoms with E-state index < -0.39 is 18.2 Å². The van der Waals surface area contributed by atoms with Crippen molar-refractivity contribution in [3.05, 3.63) is 23.9 Å². The third-order valence-electron chi connectivity index (χ3n) is 5.03. The van der Waals surface area contributed by atoms with Crippen molar-refractivity contribution in [2.75, 3.05) is 19.8 Å². The van der Waals surface area contributed by atoms with E-state index in [1.54, 1.807) is 6.07 Å². The minimum absolute atomic E-state index is 0.0681. The average molecular weight is 350 g/mol. The van der Waals surface area contributed by atoms with E-state index in [4.69, 9.17) is 9.47 Å². The highest BCUT2D eigenvalue weighted by Crippen LogP contribution is 2.28. The Kier molecular flexibility index (Phi) is 5.88. The predicted octanol–water partition coefficient (Wildman–Crippen LogP) is 0.422. The Morgan fingerprint density at radius 2 is 2.08 bits per heavy atom. The van der Waals surface area contributed by atoms with Crippen LogP contribution in [-0.2, 0) is 9.53 Å². The second-order valence-corrected chi connectivity index (χ2v) is 6.91. The number of pyridine rings is 1. The molecule has 1 aromatic rings. The standard InChI is InChI=1S/C18H26N2O5/c1-11-3-2-4-15(19-11)25-10-13-9-14(17(22)16(13)21)20-18(23)12-5-7-24-8-6-12/h2-4,12-14,16-17,21-22H,5-10H2,1H3,(H,20,23)/t13-,14-,16-,17+/m1/s1. The van der Waals surface area contributed by atoms with Crippen molar-refractivity contribution in [2.45, 2.75) is 44.4 Å². The number of amides is 1. The van der Waals surface area contributed by atoms with Gasteiger partial charge in [-0.05, 0) is 32.3 Å². The minimum Gasteiger partial charge on any atom is -0.477 e.